The van der Waals surface area contributed by atoms with Crippen molar-refractivity contribution in [2.24, 2.45) is 0 Å². The molecule has 34 heavy (non-hydrogen) atoms. The molecule has 0 spiro atoms. The topological polar surface area (TPSA) is 230 Å². The summed E-state index contributed by atoms with van der Waals surface area (Å²) in [5.41, 5.74) is 0. The highest BCUT2D eigenvalue weighted by molar-refractivity contribution is 7.87. The van der Waals surface area contributed by atoms with Gasteiger partial charge in [-0.05, 0) is 12.1 Å². The molecular formula is C16H13O13PS4. The van der Waals surface area contributed by atoms with Crippen molar-refractivity contribution in [1.29, 1.82) is 0 Å². The van der Waals surface area contributed by atoms with Crippen molar-refractivity contribution in [2.75, 3.05) is 0 Å². The second-order valence-electron chi connectivity index (χ2n) is 6.82. The first-order valence-corrected chi connectivity index (χ1v) is 14.2. The highest BCUT2D eigenvalue weighted by Crippen LogP contribution is 2.48. The van der Waals surface area contributed by atoms with E-state index in [1.807, 2.05) is 0 Å². The first-order chi connectivity index (χ1) is 14.9. The number of phosphoric acid groups is 1. The maximum atomic E-state index is 12.0. The van der Waals surface area contributed by atoms with Gasteiger partial charge in [0.05, 0.1) is 0 Å². The molecule has 0 aromatic heterocycles. The van der Waals surface area contributed by atoms with Crippen molar-refractivity contribution in [3.8, 4) is 5.75 Å². The minimum Gasteiger partial charge on any atom is -0.404 e. The number of phosphoric ester groups is 1. The molecular weight excluding hydrogens is 559 g/mol. The van der Waals surface area contributed by atoms with Crippen molar-refractivity contribution in [2.45, 2.75) is 14.7 Å². The predicted octanol–water partition coefficient (Wildman–Crippen LogP) is 1.91. The molecule has 0 saturated carbocycles. The first kappa shape index (κ1) is 26.6. The lowest BCUT2D eigenvalue weighted by atomic mass is 9.94. The largest absolute Gasteiger partial charge is 0.524 e. The molecule has 4 aromatic rings. The second-order valence-corrected chi connectivity index (χ2v) is 12.2. The van der Waals surface area contributed by atoms with Crippen molar-refractivity contribution in [1.82, 2.24) is 0 Å². The predicted molar refractivity (Wildman–Crippen MR) is 123 cm³/mol. The van der Waals surface area contributed by atoms with E-state index in [2.05, 4.69) is 4.52 Å². The summed E-state index contributed by atoms with van der Waals surface area (Å²) in [5.74, 6) is -0.733. The Kier molecular flexibility index (Phi) is 6.24. The van der Waals surface area contributed by atoms with Crippen LogP contribution in [-0.2, 0) is 34.9 Å². The van der Waals surface area contributed by atoms with Crippen LogP contribution >= 0.6 is 21.3 Å². The Balaban J connectivity index is 0.00000324. The van der Waals surface area contributed by atoms with Gasteiger partial charge >= 0.3 is 7.82 Å². The number of hydrogen-bond acceptors (Lipinski definition) is 8. The molecule has 0 fully saturated rings. The van der Waals surface area contributed by atoms with Crippen molar-refractivity contribution < 1.29 is 57.8 Å². The van der Waals surface area contributed by atoms with Gasteiger partial charge in [-0.1, -0.05) is 18.2 Å². The zero-order chi connectivity index (χ0) is 24.7. The summed E-state index contributed by atoms with van der Waals surface area (Å²) in [5, 5.41) is -1.71. The Bertz CT molecular complexity index is 1800. The fourth-order valence-electron chi connectivity index (χ4n) is 3.71. The van der Waals surface area contributed by atoms with Crippen LogP contribution in [0.5, 0.6) is 5.75 Å². The summed E-state index contributed by atoms with van der Waals surface area (Å²) in [4.78, 5) is 15.6. The van der Waals surface area contributed by atoms with Crippen molar-refractivity contribution >= 4 is 84.0 Å². The minimum absolute atomic E-state index is 0. The Morgan fingerprint density at radius 2 is 0.941 bits per heavy atom. The quantitative estimate of drug-likeness (QED) is 0.131. The molecule has 0 aliphatic rings. The molecule has 4 aromatic carbocycles. The third-order valence-electron chi connectivity index (χ3n) is 4.80. The maximum absolute atomic E-state index is 12.0. The average Bonchev–Trinajstić information content (AvgIpc) is 2.62. The molecule has 184 valence electrons. The molecule has 0 aliphatic carbocycles. The number of hydrogen-bond donors (Lipinski definition) is 5. The summed E-state index contributed by atoms with van der Waals surface area (Å²) in [6.07, 6.45) is 0. The fraction of sp³-hybridized carbons (Fsp3) is 0. The molecule has 0 heterocycles. The Morgan fingerprint density at radius 1 is 0.618 bits per heavy atom. The highest BCUT2D eigenvalue weighted by Gasteiger charge is 2.29. The molecule has 5 N–H and O–H groups in total. The van der Waals surface area contributed by atoms with Gasteiger partial charge in [-0.2, -0.15) is 38.7 Å². The van der Waals surface area contributed by atoms with Crippen LogP contribution in [0.1, 0.15) is 0 Å². The zero-order valence-electron chi connectivity index (χ0n) is 16.1. The van der Waals surface area contributed by atoms with Crippen LogP contribution in [0, 0.1) is 0 Å². The first-order valence-electron chi connectivity index (χ1n) is 8.36. The van der Waals surface area contributed by atoms with Gasteiger partial charge < -0.3 is 4.52 Å². The van der Waals surface area contributed by atoms with Crippen LogP contribution in [0.3, 0.4) is 0 Å². The molecule has 0 bridgehead atoms. The van der Waals surface area contributed by atoms with Crippen LogP contribution in [0.2, 0.25) is 0 Å². The molecule has 0 aliphatic heterocycles. The van der Waals surface area contributed by atoms with E-state index in [0.29, 0.717) is 12.1 Å². The highest BCUT2D eigenvalue weighted by atomic mass is 32.2. The number of rotatable bonds is 5. The monoisotopic (exact) mass is 572 g/mol. The molecule has 0 amide bonds. The van der Waals surface area contributed by atoms with Crippen molar-refractivity contribution in [3.63, 3.8) is 0 Å². The van der Waals surface area contributed by atoms with Crippen LogP contribution in [0.25, 0.3) is 32.3 Å². The maximum Gasteiger partial charge on any atom is 0.524 e. The SMILES string of the molecule is O=P(O)(O)Oc1cc(S(=O)(=O)O)c2ccc3c(S(=O)(=O)O)cc(S(=O)(=O)O)c4ccc1c2c43.S. The fourth-order valence-corrected chi connectivity index (χ4v) is 6.33. The van der Waals surface area contributed by atoms with Gasteiger partial charge in [-0.3, -0.25) is 23.4 Å². The van der Waals surface area contributed by atoms with Crippen molar-refractivity contribution in [3.05, 3.63) is 36.4 Å². The molecule has 4 rings (SSSR count). The van der Waals surface area contributed by atoms with Crippen LogP contribution in [0.15, 0.2) is 51.1 Å². The van der Waals surface area contributed by atoms with Gasteiger partial charge in [0, 0.05) is 38.4 Å². The zero-order valence-corrected chi connectivity index (χ0v) is 20.5. The standard InChI is InChI=1S/C16H11O13PS3.H2S/c17-30(18,19)29-11-5-12(31(20,21)22)8-3-4-10-14(33(26,27)28)6-13(32(23,24)25)9-2-1-7(11)15(8)16(9)10;/h1-6H,(H2,17,18,19)(H,20,21,22)(H,23,24,25)(H,26,27,28);1H2. The minimum atomic E-state index is -5.27. The van der Waals surface area contributed by atoms with Gasteiger partial charge in [-0.25, -0.2) is 4.57 Å². The molecule has 13 nitrogen and oxygen atoms in total. The lowest BCUT2D eigenvalue weighted by Crippen LogP contribution is -2.07. The Morgan fingerprint density at radius 3 is 1.29 bits per heavy atom. The second kappa shape index (κ2) is 7.99. The third kappa shape index (κ3) is 4.47. The lowest BCUT2D eigenvalue weighted by Gasteiger charge is -2.18. The van der Waals surface area contributed by atoms with Gasteiger partial charge in [0.2, 0.25) is 0 Å². The Hall–Kier alpha value is -2.05. The molecule has 0 saturated heterocycles. The van der Waals surface area contributed by atoms with E-state index >= 15 is 0 Å². The van der Waals surface area contributed by atoms with Gasteiger partial charge in [0.1, 0.15) is 20.4 Å². The summed E-state index contributed by atoms with van der Waals surface area (Å²) in [7, 11) is -20.5. The summed E-state index contributed by atoms with van der Waals surface area (Å²) >= 11 is 0. The van der Waals surface area contributed by atoms with E-state index in [1.54, 1.807) is 0 Å². The summed E-state index contributed by atoms with van der Waals surface area (Å²) < 4.78 is 117. The normalized spacial score (nSPS) is 13.4. The smallest absolute Gasteiger partial charge is 0.404 e. The van der Waals surface area contributed by atoms with E-state index in [9.17, 15) is 53.3 Å². The van der Waals surface area contributed by atoms with E-state index in [-0.39, 0.29) is 45.8 Å². The van der Waals surface area contributed by atoms with Gasteiger partial charge in [-0.15, -0.1) is 0 Å². The lowest BCUT2D eigenvalue weighted by molar-refractivity contribution is 0.284. The van der Waals surface area contributed by atoms with E-state index in [1.165, 1.54) is 0 Å². The average molecular weight is 573 g/mol. The molecule has 18 heteroatoms. The third-order valence-corrected chi connectivity index (χ3v) is 7.91. The van der Waals surface area contributed by atoms with E-state index in [0.717, 1.165) is 24.3 Å². The molecule has 0 atom stereocenters. The summed E-state index contributed by atoms with van der Waals surface area (Å²) in [6.45, 7) is 0. The van der Waals surface area contributed by atoms with Gasteiger partial charge in [0.25, 0.3) is 30.4 Å². The molecule has 0 radical (unpaired) electrons. The number of benzene rings is 4. The van der Waals surface area contributed by atoms with Crippen LogP contribution in [0.4, 0.5) is 0 Å². The van der Waals surface area contributed by atoms with Gasteiger partial charge in [0.15, 0.2) is 0 Å². The summed E-state index contributed by atoms with van der Waals surface area (Å²) in [6, 6.07) is 5.34. The molecule has 0 unspecified atom stereocenters. The van der Waals surface area contributed by atoms with Crippen LogP contribution in [-0.4, -0.2) is 48.7 Å². The Labute approximate surface area is 198 Å². The van der Waals surface area contributed by atoms with E-state index < -0.39 is 58.6 Å². The van der Waals surface area contributed by atoms with Crippen LogP contribution < -0.4 is 4.52 Å². The van der Waals surface area contributed by atoms with E-state index in [4.69, 9.17) is 0 Å².